The number of aromatic nitrogens is 2. The van der Waals surface area contributed by atoms with Crippen LogP contribution < -0.4 is 0 Å². The molecule has 0 spiro atoms. The van der Waals surface area contributed by atoms with E-state index in [9.17, 15) is 9.18 Å². The van der Waals surface area contributed by atoms with Crippen LogP contribution in [-0.2, 0) is 4.79 Å². The molecule has 0 radical (unpaired) electrons. The van der Waals surface area contributed by atoms with Crippen molar-refractivity contribution in [1.82, 2.24) is 15.0 Å². The molecule has 4 rings (SSSR count). The van der Waals surface area contributed by atoms with Crippen molar-refractivity contribution in [2.75, 3.05) is 6.54 Å². The molecule has 2 aromatic rings. The molecule has 5 nitrogen and oxygen atoms in total. The molecule has 1 saturated heterocycles. The molecule has 1 aromatic carbocycles. The maximum absolute atomic E-state index is 14.1. The SMILES string of the molecule is Cc1nc(C2CCCN2C(=O)C2CC2c2c(F)cccc2Cl)no1. The molecule has 3 atom stereocenters. The van der Waals surface area contributed by atoms with E-state index >= 15 is 0 Å². The van der Waals surface area contributed by atoms with Crippen LogP contribution in [0.1, 0.15) is 48.5 Å². The van der Waals surface area contributed by atoms with Gasteiger partial charge in [0.15, 0.2) is 5.82 Å². The Hall–Kier alpha value is -1.95. The van der Waals surface area contributed by atoms with Crippen molar-refractivity contribution in [2.45, 2.75) is 38.1 Å². The Kier molecular flexibility index (Phi) is 3.79. The average Bonchev–Trinajstić information content (AvgIpc) is 2.96. The van der Waals surface area contributed by atoms with Crippen molar-refractivity contribution in [3.8, 4) is 0 Å². The lowest BCUT2D eigenvalue weighted by atomic mass is 10.1. The summed E-state index contributed by atoms with van der Waals surface area (Å²) in [6, 6.07) is 4.49. The molecular weight excluding hydrogens is 333 g/mol. The zero-order valence-corrected chi connectivity index (χ0v) is 14.0. The van der Waals surface area contributed by atoms with Gasteiger partial charge in [-0.15, -0.1) is 0 Å². The Labute approximate surface area is 143 Å². The first-order valence-corrected chi connectivity index (χ1v) is 8.48. The first-order valence-electron chi connectivity index (χ1n) is 8.11. The number of hydrogen-bond acceptors (Lipinski definition) is 4. The number of halogens is 2. The number of benzene rings is 1. The van der Waals surface area contributed by atoms with Gasteiger partial charge in [0, 0.05) is 35.9 Å². The second-order valence-corrected chi connectivity index (χ2v) is 6.85. The highest BCUT2D eigenvalue weighted by atomic mass is 35.5. The van der Waals surface area contributed by atoms with Crippen LogP contribution in [0.25, 0.3) is 0 Å². The third-order valence-electron chi connectivity index (χ3n) is 4.86. The molecule has 0 bridgehead atoms. The van der Waals surface area contributed by atoms with Gasteiger partial charge in [0.25, 0.3) is 0 Å². The zero-order valence-electron chi connectivity index (χ0n) is 13.2. The summed E-state index contributed by atoms with van der Waals surface area (Å²) >= 11 is 6.12. The van der Waals surface area contributed by atoms with E-state index in [0.29, 0.717) is 35.3 Å². The van der Waals surface area contributed by atoms with Crippen molar-refractivity contribution in [2.24, 2.45) is 5.92 Å². The van der Waals surface area contributed by atoms with Gasteiger partial charge in [-0.2, -0.15) is 4.98 Å². The molecule has 2 fully saturated rings. The predicted molar refractivity (Wildman–Crippen MR) is 85.0 cm³/mol. The van der Waals surface area contributed by atoms with Gasteiger partial charge in [-0.1, -0.05) is 22.8 Å². The van der Waals surface area contributed by atoms with Crippen LogP contribution in [0, 0.1) is 18.7 Å². The second-order valence-electron chi connectivity index (χ2n) is 6.45. The summed E-state index contributed by atoms with van der Waals surface area (Å²) in [6.45, 7) is 2.40. The second kappa shape index (κ2) is 5.84. The Morgan fingerprint density at radius 2 is 2.29 bits per heavy atom. The molecule has 2 heterocycles. The van der Waals surface area contributed by atoms with Crippen LogP contribution in [0.5, 0.6) is 0 Å². The van der Waals surface area contributed by atoms with Gasteiger partial charge >= 0.3 is 0 Å². The number of rotatable bonds is 3. The Balaban J connectivity index is 1.53. The molecule has 1 aliphatic heterocycles. The largest absolute Gasteiger partial charge is 0.340 e. The number of hydrogen-bond donors (Lipinski definition) is 0. The van der Waals surface area contributed by atoms with Crippen LogP contribution in [-0.4, -0.2) is 27.5 Å². The summed E-state index contributed by atoms with van der Waals surface area (Å²) < 4.78 is 19.1. The van der Waals surface area contributed by atoms with Crippen molar-refractivity contribution < 1.29 is 13.7 Å². The van der Waals surface area contributed by atoms with Crippen LogP contribution in [0.3, 0.4) is 0 Å². The van der Waals surface area contributed by atoms with Gasteiger partial charge in [0.05, 0.1) is 6.04 Å². The predicted octanol–water partition coefficient (Wildman–Crippen LogP) is 3.64. The summed E-state index contributed by atoms with van der Waals surface area (Å²) in [5, 5.41) is 4.35. The van der Waals surface area contributed by atoms with Crippen LogP contribution >= 0.6 is 11.6 Å². The summed E-state index contributed by atoms with van der Waals surface area (Å²) in [5.74, 6) is 0.387. The third-order valence-corrected chi connectivity index (χ3v) is 5.18. The number of carbonyl (C=O) groups excluding carboxylic acids is 1. The minimum absolute atomic E-state index is 0.0317. The van der Waals surface area contributed by atoms with E-state index in [1.807, 2.05) is 4.90 Å². The third kappa shape index (κ3) is 2.59. The van der Waals surface area contributed by atoms with Gasteiger partial charge in [-0.25, -0.2) is 4.39 Å². The van der Waals surface area contributed by atoms with Gasteiger partial charge in [0.2, 0.25) is 11.8 Å². The Bertz CT molecular complexity index is 774. The fourth-order valence-electron chi connectivity index (χ4n) is 3.61. The van der Waals surface area contributed by atoms with Crippen molar-refractivity contribution in [1.29, 1.82) is 0 Å². The number of likely N-dealkylation sites (tertiary alicyclic amines) is 1. The molecule has 7 heteroatoms. The van der Waals surface area contributed by atoms with Gasteiger partial charge < -0.3 is 9.42 Å². The van der Waals surface area contributed by atoms with Crippen LogP contribution in [0.2, 0.25) is 5.02 Å². The van der Waals surface area contributed by atoms with E-state index in [4.69, 9.17) is 16.1 Å². The van der Waals surface area contributed by atoms with Gasteiger partial charge in [0.1, 0.15) is 5.82 Å². The number of carbonyl (C=O) groups is 1. The monoisotopic (exact) mass is 349 g/mol. The Morgan fingerprint density at radius 3 is 3.00 bits per heavy atom. The topological polar surface area (TPSA) is 59.2 Å². The van der Waals surface area contributed by atoms with Gasteiger partial charge in [-0.05, 0) is 31.4 Å². The van der Waals surface area contributed by atoms with E-state index in [2.05, 4.69) is 10.1 Å². The van der Waals surface area contributed by atoms with Gasteiger partial charge in [-0.3, -0.25) is 4.79 Å². The smallest absolute Gasteiger partial charge is 0.226 e. The first kappa shape index (κ1) is 15.6. The van der Waals surface area contributed by atoms with E-state index in [1.54, 1.807) is 19.1 Å². The lowest BCUT2D eigenvalue weighted by Crippen LogP contribution is -2.32. The maximum atomic E-state index is 14.1. The van der Waals surface area contributed by atoms with E-state index in [-0.39, 0.29) is 29.6 Å². The zero-order chi connectivity index (χ0) is 16.8. The summed E-state index contributed by atoms with van der Waals surface area (Å²) in [6.07, 6.45) is 2.36. The highest BCUT2D eigenvalue weighted by Gasteiger charge is 2.50. The lowest BCUT2D eigenvalue weighted by Gasteiger charge is -2.22. The van der Waals surface area contributed by atoms with Crippen LogP contribution in [0.4, 0.5) is 4.39 Å². The summed E-state index contributed by atoms with van der Waals surface area (Å²) in [5.41, 5.74) is 0.462. The van der Waals surface area contributed by atoms with E-state index < -0.39 is 0 Å². The van der Waals surface area contributed by atoms with Crippen molar-refractivity contribution in [3.05, 3.63) is 46.3 Å². The van der Waals surface area contributed by atoms with Crippen LogP contribution in [0.15, 0.2) is 22.7 Å². The van der Waals surface area contributed by atoms with Crippen molar-refractivity contribution >= 4 is 17.5 Å². The minimum Gasteiger partial charge on any atom is -0.340 e. The highest BCUT2D eigenvalue weighted by Crippen LogP contribution is 2.52. The average molecular weight is 350 g/mol. The highest BCUT2D eigenvalue weighted by molar-refractivity contribution is 6.31. The fourth-order valence-corrected chi connectivity index (χ4v) is 3.92. The molecule has 1 saturated carbocycles. The standard InChI is InChI=1S/C17H17ClFN3O2/c1-9-20-16(21-24-9)14-6-3-7-22(14)17(23)11-8-10(11)15-12(18)4-2-5-13(15)19/h2,4-5,10-11,14H,3,6-8H2,1H3. The molecule has 24 heavy (non-hydrogen) atoms. The molecule has 126 valence electrons. The lowest BCUT2D eigenvalue weighted by molar-refractivity contribution is -0.133. The normalized spacial score (nSPS) is 26.0. The van der Waals surface area contributed by atoms with E-state index in [0.717, 1.165) is 12.8 Å². The molecule has 2 aliphatic rings. The fraction of sp³-hybridized carbons (Fsp3) is 0.471. The first-order chi connectivity index (χ1) is 11.6. The Morgan fingerprint density at radius 1 is 1.46 bits per heavy atom. The van der Waals surface area contributed by atoms with E-state index in [1.165, 1.54) is 6.07 Å². The summed E-state index contributed by atoms with van der Waals surface area (Å²) in [7, 11) is 0. The quantitative estimate of drug-likeness (QED) is 0.848. The minimum atomic E-state index is -0.338. The molecule has 1 amide bonds. The van der Waals surface area contributed by atoms with Crippen molar-refractivity contribution in [3.63, 3.8) is 0 Å². The maximum Gasteiger partial charge on any atom is 0.226 e. The molecule has 3 unspecified atom stereocenters. The number of aryl methyl sites for hydroxylation is 1. The number of nitrogens with zero attached hydrogens (tertiary/aromatic N) is 3. The summed E-state index contributed by atoms with van der Waals surface area (Å²) in [4.78, 5) is 18.9. The molecule has 1 aromatic heterocycles. The molecule has 0 N–H and O–H groups in total. The number of amides is 1. The molecule has 1 aliphatic carbocycles. The molecular formula is C17H17ClFN3O2.